The zero-order chi connectivity index (χ0) is 18.9. The molecule has 5 heteroatoms. The molecule has 0 aromatic rings. The van der Waals surface area contributed by atoms with Crippen molar-refractivity contribution in [1.29, 1.82) is 0 Å². The molecule has 4 aliphatic heterocycles. The molecule has 0 aromatic carbocycles. The second kappa shape index (κ2) is 6.47. The van der Waals surface area contributed by atoms with E-state index in [9.17, 15) is 9.59 Å². The lowest BCUT2D eigenvalue weighted by Crippen LogP contribution is -2.54. The second-order valence-corrected chi connectivity index (χ2v) is 9.81. The summed E-state index contributed by atoms with van der Waals surface area (Å²) in [6.45, 7) is 7.44. The predicted molar refractivity (Wildman–Crippen MR) is 99.7 cm³/mol. The zero-order valence-electron chi connectivity index (χ0n) is 16.8. The molecule has 27 heavy (non-hydrogen) atoms. The second-order valence-electron chi connectivity index (χ2n) is 9.81. The Morgan fingerprint density at radius 3 is 2.56 bits per heavy atom. The Hall–Kier alpha value is -1.10. The first-order chi connectivity index (χ1) is 13.0. The molecule has 0 unspecified atom stereocenters. The number of carbonyl (C=O) groups excluding carboxylic acids is 2. The fraction of sp³-hybridized carbons (Fsp3) is 0.909. The van der Waals surface area contributed by atoms with E-state index in [0.29, 0.717) is 35.8 Å². The first-order valence-electron chi connectivity index (χ1n) is 11.2. The van der Waals surface area contributed by atoms with Gasteiger partial charge < -0.3 is 9.47 Å². The Morgan fingerprint density at radius 2 is 1.85 bits per heavy atom. The van der Waals surface area contributed by atoms with Crippen LogP contribution in [0.3, 0.4) is 0 Å². The minimum absolute atomic E-state index is 0.00362. The van der Waals surface area contributed by atoms with Crippen molar-refractivity contribution in [2.75, 3.05) is 6.54 Å². The number of esters is 2. The third-order valence-electron chi connectivity index (χ3n) is 8.61. The van der Waals surface area contributed by atoms with E-state index in [4.69, 9.17) is 9.47 Å². The Morgan fingerprint density at radius 1 is 1.04 bits per heavy atom. The van der Waals surface area contributed by atoms with Crippen LogP contribution in [0.15, 0.2) is 0 Å². The van der Waals surface area contributed by atoms with Gasteiger partial charge in [-0.2, -0.15) is 0 Å². The van der Waals surface area contributed by atoms with Gasteiger partial charge in [0, 0.05) is 23.9 Å². The van der Waals surface area contributed by atoms with Crippen molar-refractivity contribution < 1.29 is 19.1 Å². The molecule has 0 spiro atoms. The lowest BCUT2D eigenvalue weighted by molar-refractivity contribution is -0.148. The van der Waals surface area contributed by atoms with Gasteiger partial charge in [-0.05, 0) is 50.5 Å². The highest BCUT2D eigenvalue weighted by atomic mass is 16.6. The summed E-state index contributed by atoms with van der Waals surface area (Å²) in [6.07, 6.45) is 6.87. The lowest BCUT2D eigenvalue weighted by Gasteiger charge is -2.48. The summed E-state index contributed by atoms with van der Waals surface area (Å²) in [5.74, 6) is 1.94. The van der Waals surface area contributed by atoms with Crippen LogP contribution < -0.4 is 0 Å². The van der Waals surface area contributed by atoms with Gasteiger partial charge >= 0.3 is 11.9 Å². The number of rotatable bonds is 2. The van der Waals surface area contributed by atoms with Crippen molar-refractivity contribution in [3.05, 3.63) is 0 Å². The van der Waals surface area contributed by atoms with E-state index in [1.54, 1.807) is 0 Å². The molecule has 4 saturated heterocycles. The minimum Gasteiger partial charge on any atom is -0.462 e. The van der Waals surface area contributed by atoms with Crippen LogP contribution in [0.5, 0.6) is 0 Å². The Balaban J connectivity index is 1.51. The van der Waals surface area contributed by atoms with Gasteiger partial charge in [-0.15, -0.1) is 0 Å². The van der Waals surface area contributed by atoms with Gasteiger partial charge in [0.2, 0.25) is 0 Å². The number of hydrogen-bond donors (Lipinski definition) is 0. The standard InChI is InChI=1S/C22H33NO4/c1-4-13-14-7-5-6-8-23-16(17-9-11(2)21(24)26-17)10-15(19(14)23)18-12(3)22(25)27-20(13)18/h11-20H,4-10H2,1-3H3/t11-,12-,13+,14+,15+,16-,17-,18+,19+,20-/m1/s1. The van der Waals surface area contributed by atoms with E-state index >= 15 is 0 Å². The summed E-state index contributed by atoms with van der Waals surface area (Å²) in [5, 5.41) is 0. The number of nitrogens with zero attached hydrogens (tertiary/aromatic N) is 1. The summed E-state index contributed by atoms with van der Waals surface area (Å²) >= 11 is 0. The Kier molecular flexibility index (Phi) is 4.30. The SMILES string of the molecule is CC[C@H]1[C@@H]2CCCCN3[C@@H]2[C@@H](C[C@@H]3[C@H]2C[C@@H](C)C(=O)O2)[C@H]2[C@@H]1OC(=O)[C@@H]2C. The van der Waals surface area contributed by atoms with E-state index in [0.717, 1.165) is 25.8 Å². The Bertz CT molecular complexity index is 636. The molecular formula is C22H33NO4. The van der Waals surface area contributed by atoms with Crippen molar-refractivity contribution in [3.8, 4) is 0 Å². The summed E-state index contributed by atoms with van der Waals surface area (Å²) < 4.78 is 11.8. The first kappa shape index (κ1) is 18.0. The van der Waals surface area contributed by atoms with Gasteiger partial charge in [0.05, 0.1) is 11.8 Å². The number of hydrogen-bond acceptors (Lipinski definition) is 5. The summed E-state index contributed by atoms with van der Waals surface area (Å²) in [7, 11) is 0. The highest BCUT2D eigenvalue weighted by Crippen LogP contribution is 2.57. The monoisotopic (exact) mass is 375 g/mol. The van der Waals surface area contributed by atoms with Crippen LogP contribution in [0, 0.1) is 35.5 Å². The maximum Gasteiger partial charge on any atom is 0.309 e. The normalized spacial score (nSPS) is 52.1. The van der Waals surface area contributed by atoms with Crippen molar-refractivity contribution in [2.24, 2.45) is 35.5 Å². The smallest absolute Gasteiger partial charge is 0.309 e. The minimum atomic E-state index is -0.0294. The van der Waals surface area contributed by atoms with Crippen molar-refractivity contribution in [1.82, 2.24) is 4.90 Å². The molecule has 0 radical (unpaired) electrons. The molecular weight excluding hydrogens is 342 g/mol. The fourth-order valence-electron chi connectivity index (χ4n) is 7.48. The number of ether oxygens (including phenoxy) is 2. The van der Waals surface area contributed by atoms with Gasteiger partial charge in [-0.1, -0.05) is 27.2 Å². The van der Waals surface area contributed by atoms with Crippen molar-refractivity contribution >= 4 is 11.9 Å². The van der Waals surface area contributed by atoms with E-state index in [1.165, 1.54) is 19.3 Å². The highest BCUT2D eigenvalue weighted by Gasteiger charge is 2.63. The molecule has 1 saturated carbocycles. The van der Waals surface area contributed by atoms with E-state index in [1.807, 2.05) is 6.92 Å². The molecule has 0 aromatic heterocycles. The Labute approximate surface area is 162 Å². The summed E-state index contributed by atoms with van der Waals surface area (Å²) in [5.41, 5.74) is 0. The maximum absolute atomic E-state index is 12.5. The molecule has 0 N–H and O–H groups in total. The quantitative estimate of drug-likeness (QED) is 0.695. The van der Waals surface area contributed by atoms with E-state index < -0.39 is 0 Å². The molecule has 5 rings (SSSR count). The molecule has 4 heterocycles. The zero-order valence-corrected chi connectivity index (χ0v) is 16.8. The van der Waals surface area contributed by atoms with Gasteiger partial charge in [0.1, 0.15) is 12.2 Å². The van der Waals surface area contributed by atoms with Crippen LogP contribution in [0.1, 0.15) is 59.3 Å². The molecule has 10 atom stereocenters. The first-order valence-corrected chi connectivity index (χ1v) is 11.2. The molecule has 5 aliphatic rings. The van der Waals surface area contributed by atoms with Gasteiger partial charge in [-0.25, -0.2) is 0 Å². The molecule has 5 fully saturated rings. The van der Waals surface area contributed by atoms with Crippen molar-refractivity contribution in [3.63, 3.8) is 0 Å². The summed E-state index contributed by atoms with van der Waals surface area (Å²) in [6, 6.07) is 0.865. The maximum atomic E-state index is 12.5. The van der Waals surface area contributed by atoms with E-state index in [-0.39, 0.29) is 36.0 Å². The topological polar surface area (TPSA) is 55.8 Å². The van der Waals surface area contributed by atoms with Crippen LogP contribution in [-0.2, 0) is 19.1 Å². The number of carbonyl (C=O) groups is 2. The van der Waals surface area contributed by atoms with Crippen LogP contribution in [0.4, 0.5) is 0 Å². The number of cyclic esters (lactones) is 1. The molecule has 5 nitrogen and oxygen atoms in total. The van der Waals surface area contributed by atoms with Crippen LogP contribution in [0.2, 0.25) is 0 Å². The van der Waals surface area contributed by atoms with Gasteiger partial charge in [0.25, 0.3) is 0 Å². The van der Waals surface area contributed by atoms with Crippen LogP contribution in [-0.4, -0.2) is 47.7 Å². The average Bonchev–Trinajstić information content (AvgIpc) is 3.20. The molecule has 150 valence electrons. The molecule has 0 amide bonds. The van der Waals surface area contributed by atoms with Crippen molar-refractivity contribution in [2.45, 2.75) is 83.6 Å². The predicted octanol–water partition coefficient (Wildman–Crippen LogP) is 3.01. The van der Waals surface area contributed by atoms with Crippen LogP contribution in [0.25, 0.3) is 0 Å². The average molecular weight is 376 g/mol. The third-order valence-corrected chi connectivity index (χ3v) is 8.61. The number of fused-ring (bicyclic) bond motifs is 2. The highest BCUT2D eigenvalue weighted by molar-refractivity contribution is 5.75. The fourth-order valence-corrected chi connectivity index (χ4v) is 7.48. The molecule has 1 aliphatic carbocycles. The summed E-state index contributed by atoms with van der Waals surface area (Å²) in [4.78, 5) is 27.3. The largest absolute Gasteiger partial charge is 0.462 e. The van der Waals surface area contributed by atoms with Gasteiger partial charge in [0.15, 0.2) is 0 Å². The molecule has 0 bridgehead atoms. The lowest BCUT2D eigenvalue weighted by atomic mass is 9.60. The third kappa shape index (κ3) is 2.53. The van der Waals surface area contributed by atoms with Crippen LogP contribution >= 0.6 is 0 Å². The van der Waals surface area contributed by atoms with E-state index in [2.05, 4.69) is 18.7 Å². The van der Waals surface area contributed by atoms with Gasteiger partial charge in [-0.3, -0.25) is 14.5 Å².